The van der Waals surface area contributed by atoms with E-state index in [1.165, 1.54) is 0 Å². The molecule has 2 amide bonds. The Labute approximate surface area is 191 Å². The molecule has 7 nitrogen and oxygen atoms in total. The van der Waals surface area contributed by atoms with E-state index >= 15 is 0 Å². The number of hydrogen-bond donors (Lipinski definition) is 2. The second-order valence-electron chi connectivity index (χ2n) is 6.73. The minimum Gasteiger partial charge on any atom is -0.357 e. The molecule has 0 unspecified atom stereocenters. The van der Waals surface area contributed by atoms with Gasteiger partial charge in [-0.3, -0.25) is 9.59 Å². The van der Waals surface area contributed by atoms with Crippen molar-refractivity contribution in [2.45, 2.75) is 32.5 Å². The van der Waals surface area contributed by atoms with Crippen LogP contribution in [-0.2, 0) is 16.1 Å². The van der Waals surface area contributed by atoms with Crippen LogP contribution in [0.4, 0.5) is 18.9 Å². The standard InChI is InChI=1S/C19H26F3N5O2.HI/c1-3-23-18(25-12-17(29)26(2)13-19(20,21)22)24-11-14-6-8-15(9-7-14)27-10-4-5-16(27)28;/h6-9H,3-5,10-13H2,1-2H3,(H2,23,24,25);1H. The summed E-state index contributed by atoms with van der Waals surface area (Å²) in [5, 5.41) is 5.70. The number of rotatable bonds is 7. The summed E-state index contributed by atoms with van der Waals surface area (Å²) in [5.74, 6) is -0.234. The summed E-state index contributed by atoms with van der Waals surface area (Å²) in [5.41, 5.74) is 1.75. The number of guanidine groups is 1. The number of nitrogens with one attached hydrogen (secondary N) is 2. The summed E-state index contributed by atoms with van der Waals surface area (Å²) in [7, 11) is 1.11. The van der Waals surface area contributed by atoms with Gasteiger partial charge in [-0.2, -0.15) is 13.2 Å². The van der Waals surface area contributed by atoms with Crippen molar-refractivity contribution in [3.63, 3.8) is 0 Å². The lowest BCUT2D eigenvalue weighted by molar-refractivity contribution is -0.157. The average molecular weight is 541 g/mol. The second-order valence-corrected chi connectivity index (χ2v) is 6.73. The number of nitrogens with zero attached hydrogens (tertiary/aromatic N) is 3. The van der Waals surface area contributed by atoms with Gasteiger partial charge in [0.2, 0.25) is 11.8 Å². The third kappa shape index (κ3) is 8.36. The molecule has 0 aromatic heterocycles. The van der Waals surface area contributed by atoms with E-state index in [-0.39, 0.29) is 36.4 Å². The highest BCUT2D eigenvalue weighted by Gasteiger charge is 2.31. The number of alkyl halides is 3. The first-order chi connectivity index (χ1) is 13.7. The van der Waals surface area contributed by atoms with Gasteiger partial charge in [0, 0.05) is 32.2 Å². The Morgan fingerprint density at radius 3 is 2.43 bits per heavy atom. The van der Waals surface area contributed by atoms with Crippen molar-refractivity contribution in [1.29, 1.82) is 0 Å². The van der Waals surface area contributed by atoms with Crippen molar-refractivity contribution in [3.8, 4) is 0 Å². The van der Waals surface area contributed by atoms with Gasteiger partial charge in [-0.15, -0.1) is 24.0 Å². The first-order valence-corrected chi connectivity index (χ1v) is 9.42. The van der Waals surface area contributed by atoms with E-state index in [0.29, 0.717) is 30.4 Å². The Morgan fingerprint density at radius 2 is 1.90 bits per heavy atom. The highest BCUT2D eigenvalue weighted by atomic mass is 127. The fraction of sp³-hybridized carbons (Fsp3) is 0.526. The van der Waals surface area contributed by atoms with Crippen molar-refractivity contribution in [2.75, 3.05) is 38.1 Å². The van der Waals surface area contributed by atoms with Crippen molar-refractivity contribution in [3.05, 3.63) is 29.8 Å². The number of likely N-dealkylation sites (N-methyl/N-ethyl adjacent to an activating group) is 1. The lowest BCUT2D eigenvalue weighted by atomic mass is 10.2. The monoisotopic (exact) mass is 541 g/mol. The largest absolute Gasteiger partial charge is 0.406 e. The Kier molecular flexibility index (Phi) is 10.4. The number of amides is 2. The molecule has 1 aromatic rings. The smallest absolute Gasteiger partial charge is 0.357 e. The summed E-state index contributed by atoms with van der Waals surface area (Å²) < 4.78 is 37.1. The molecular weight excluding hydrogens is 514 g/mol. The molecule has 2 rings (SSSR count). The molecule has 0 spiro atoms. The van der Waals surface area contributed by atoms with Crippen molar-refractivity contribution < 1.29 is 22.8 Å². The summed E-state index contributed by atoms with van der Waals surface area (Å²) >= 11 is 0. The number of aliphatic imine (C=N–C) groups is 1. The molecule has 0 radical (unpaired) electrons. The minimum atomic E-state index is -4.44. The summed E-state index contributed by atoms with van der Waals surface area (Å²) in [4.78, 5) is 30.4. The molecule has 1 aromatic carbocycles. The van der Waals surface area contributed by atoms with E-state index in [4.69, 9.17) is 0 Å². The Balaban J connectivity index is 0.00000450. The molecule has 0 saturated carbocycles. The van der Waals surface area contributed by atoms with E-state index in [1.807, 2.05) is 31.2 Å². The zero-order valence-corrected chi connectivity index (χ0v) is 19.3. The van der Waals surface area contributed by atoms with Crippen LogP contribution in [-0.4, -0.2) is 62.1 Å². The molecule has 1 aliphatic rings. The quantitative estimate of drug-likeness (QED) is 0.316. The van der Waals surface area contributed by atoms with Crippen molar-refractivity contribution in [1.82, 2.24) is 15.5 Å². The average Bonchev–Trinajstić information content (AvgIpc) is 3.08. The highest BCUT2D eigenvalue weighted by Crippen LogP contribution is 2.21. The maximum Gasteiger partial charge on any atom is 0.406 e. The molecule has 0 atom stereocenters. The van der Waals surface area contributed by atoms with Crippen LogP contribution in [0.3, 0.4) is 0 Å². The van der Waals surface area contributed by atoms with Gasteiger partial charge in [0.1, 0.15) is 6.54 Å². The molecule has 11 heteroatoms. The molecular formula is C19H27F3IN5O2. The highest BCUT2D eigenvalue weighted by molar-refractivity contribution is 14.0. The Hall–Kier alpha value is -2.05. The molecule has 0 aliphatic carbocycles. The van der Waals surface area contributed by atoms with E-state index in [2.05, 4.69) is 15.6 Å². The van der Waals surface area contributed by atoms with Crippen LogP contribution >= 0.6 is 24.0 Å². The normalized spacial score (nSPS) is 14.4. The summed E-state index contributed by atoms with van der Waals surface area (Å²) in [6.45, 7) is 1.82. The second kappa shape index (κ2) is 12.0. The molecule has 1 fully saturated rings. The van der Waals surface area contributed by atoms with Crippen LogP contribution in [0.5, 0.6) is 0 Å². The first-order valence-electron chi connectivity index (χ1n) is 9.42. The van der Waals surface area contributed by atoms with Crippen LogP contribution in [0.15, 0.2) is 29.3 Å². The predicted octanol–water partition coefficient (Wildman–Crippen LogP) is 2.51. The zero-order valence-electron chi connectivity index (χ0n) is 17.0. The SMILES string of the molecule is CCNC(=NCc1ccc(N2CCCC2=O)cc1)NCC(=O)N(C)CC(F)(F)F.I. The van der Waals surface area contributed by atoms with Gasteiger partial charge in [-0.05, 0) is 31.0 Å². The third-order valence-electron chi connectivity index (χ3n) is 4.33. The van der Waals surface area contributed by atoms with Gasteiger partial charge < -0.3 is 20.4 Å². The van der Waals surface area contributed by atoms with E-state index in [9.17, 15) is 22.8 Å². The Morgan fingerprint density at radius 1 is 1.23 bits per heavy atom. The van der Waals surface area contributed by atoms with Gasteiger partial charge in [0.25, 0.3) is 0 Å². The molecule has 168 valence electrons. The van der Waals surface area contributed by atoms with Crippen molar-refractivity contribution >= 4 is 47.4 Å². The fourth-order valence-electron chi connectivity index (χ4n) is 2.87. The molecule has 30 heavy (non-hydrogen) atoms. The topological polar surface area (TPSA) is 77.0 Å². The lowest BCUT2D eigenvalue weighted by Crippen LogP contribution is -2.45. The third-order valence-corrected chi connectivity index (χ3v) is 4.33. The first kappa shape index (κ1) is 26.0. The number of benzene rings is 1. The predicted molar refractivity (Wildman–Crippen MR) is 120 cm³/mol. The molecule has 1 heterocycles. The molecule has 1 aliphatic heterocycles. The number of carbonyl (C=O) groups excluding carboxylic acids is 2. The minimum absolute atomic E-state index is 0. The Bertz CT molecular complexity index is 741. The molecule has 2 N–H and O–H groups in total. The van der Waals surface area contributed by atoms with Crippen LogP contribution in [0.2, 0.25) is 0 Å². The van der Waals surface area contributed by atoms with Gasteiger partial charge >= 0.3 is 6.18 Å². The number of hydrogen-bond acceptors (Lipinski definition) is 3. The number of halogens is 4. The number of carbonyl (C=O) groups is 2. The maximum absolute atomic E-state index is 12.4. The summed E-state index contributed by atoms with van der Waals surface area (Å²) in [6, 6.07) is 7.47. The van der Waals surface area contributed by atoms with E-state index in [0.717, 1.165) is 31.3 Å². The maximum atomic E-state index is 12.4. The van der Waals surface area contributed by atoms with Gasteiger partial charge in [-0.25, -0.2) is 4.99 Å². The van der Waals surface area contributed by atoms with Gasteiger partial charge in [0.05, 0.1) is 13.1 Å². The van der Waals surface area contributed by atoms with E-state index < -0.39 is 18.6 Å². The van der Waals surface area contributed by atoms with Crippen LogP contribution in [0, 0.1) is 0 Å². The van der Waals surface area contributed by atoms with E-state index in [1.54, 1.807) is 4.90 Å². The number of anilines is 1. The molecule has 0 bridgehead atoms. The van der Waals surface area contributed by atoms with Crippen LogP contribution in [0.1, 0.15) is 25.3 Å². The zero-order chi connectivity index (χ0) is 21.4. The van der Waals surface area contributed by atoms with Crippen LogP contribution < -0.4 is 15.5 Å². The fourth-order valence-corrected chi connectivity index (χ4v) is 2.87. The van der Waals surface area contributed by atoms with Crippen molar-refractivity contribution in [2.24, 2.45) is 4.99 Å². The van der Waals surface area contributed by atoms with Gasteiger partial charge in [0.15, 0.2) is 5.96 Å². The summed E-state index contributed by atoms with van der Waals surface area (Å²) in [6.07, 6.45) is -3.01. The van der Waals surface area contributed by atoms with Crippen LogP contribution in [0.25, 0.3) is 0 Å². The van der Waals surface area contributed by atoms with Gasteiger partial charge in [-0.1, -0.05) is 12.1 Å². The lowest BCUT2D eigenvalue weighted by Gasteiger charge is -2.20. The molecule has 1 saturated heterocycles.